The SMILES string of the molecule is Cc1nn(-c2c(Cl)cc(C(F)(F)F)cc2Cl)c(C)c1C(=O)O. The maximum Gasteiger partial charge on any atom is 0.416 e. The number of alkyl halides is 3. The van der Waals surface area contributed by atoms with Crippen LogP contribution in [0.2, 0.25) is 10.0 Å². The number of hydrogen-bond donors (Lipinski definition) is 1. The molecule has 118 valence electrons. The highest BCUT2D eigenvalue weighted by Gasteiger charge is 2.32. The predicted octanol–water partition coefficient (Wildman–Crippen LogP) is 4.51. The van der Waals surface area contributed by atoms with E-state index in [0.717, 1.165) is 16.8 Å². The fourth-order valence-corrected chi connectivity index (χ4v) is 2.75. The largest absolute Gasteiger partial charge is 0.478 e. The van der Waals surface area contributed by atoms with Crippen molar-refractivity contribution in [2.24, 2.45) is 0 Å². The molecule has 22 heavy (non-hydrogen) atoms. The van der Waals surface area contributed by atoms with E-state index in [1.54, 1.807) is 0 Å². The molecule has 1 aromatic heterocycles. The van der Waals surface area contributed by atoms with Crippen molar-refractivity contribution in [3.8, 4) is 5.69 Å². The second-order valence-electron chi connectivity index (χ2n) is 4.55. The van der Waals surface area contributed by atoms with E-state index in [2.05, 4.69) is 5.10 Å². The Morgan fingerprint density at radius 3 is 2.09 bits per heavy atom. The Hall–Kier alpha value is -1.73. The molecule has 0 bridgehead atoms. The first-order valence-corrected chi connectivity index (χ1v) is 6.65. The molecule has 2 rings (SSSR count). The molecule has 0 saturated heterocycles. The lowest BCUT2D eigenvalue weighted by atomic mass is 10.1. The standard InChI is InChI=1S/C13H9Cl2F3N2O2/c1-5-10(12(21)22)6(2)20(19-5)11-8(14)3-7(4-9(11)15)13(16,17)18/h3-4H,1-2H3,(H,21,22). The molecule has 1 heterocycles. The van der Waals surface area contributed by atoms with Gasteiger partial charge in [-0.25, -0.2) is 9.48 Å². The molecule has 0 aliphatic carbocycles. The number of hydrogen-bond acceptors (Lipinski definition) is 2. The lowest BCUT2D eigenvalue weighted by Gasteiger charge is -2.13. The number of aryl methyl sites for hydroxylation is 1. The van der Waals surface area contributed by atoms with Crippen LogP contribution in [0.25, 0.3) is 5.69 Å². The molecule has 4 nitrogen and oxygen atoms in total. The van der Waals surface area contributed by atoms with Crippen molar-refractivity contribution in [2.45, 2.75) is 20.0 Å². The van der Waals surface area contributed by atoms with Crippen molar-refractivity contribution in [3.63, 3.8) is 0 Å². The summed E-state index contributed by atoms with van der Waals surface area (Å²) in [6, 6.07) is 1.44. The van der Waals surface area contributed by atoms with Crippen molar-refractivity contribution in [2.75, 3.05) is 0 Å². The summed E-state index contributed by atoms with van der Waals surface area (Å²) in [6.07, 6.45) is -4.59. The quantitative estimate of drug-likeness (QED) is 0.864. The average Bonchev–Trinajstić information content (AvgIpc) is 2.62. The van der Waals surface area contributed by atoms with E-state index in [4.69, 9.17) is 28.3 Å². The van der Waals surface area contributed by atoms with Gasteiger partial charge in [-0.05, 0) is 26.0 Å². The summed E-state index contributed by atoms with van der Waals surface area (Å²) in [5.41, 5.74) is -0.617. The van der Waals surface area contributed by atoms with Gasteiger partial charge >= 0.3 is 12.1 Å². The van der Waals surface area contributed by atoms with Crippen LogP contribution in [0.15, 0.2) is 12.1 Å². The lowest BCUT2D eigenvalue weighted by molar-refractivity contribution is -0.137. The molecule has 0 unspecified atom stereocenters. The van der Waals surface area contributed by atoms with Gasteiger partial charge in [0.05, 0.1) is 27.0 Å². The number of aromatic nitrogens is 2. The molecule has 2 aromatic rings. The van der Waals surface area contributed by atoms with Crippen LogP contribution in [0, 0.1) is 13.8 Å². The van der Waals surface area contributed by atoms with E-state index in [0.29, 0.717) is 0 Å². The van der Waals surface area contributed by atoms with Crippen molar-refractivity contribution >= 4 is 29.2 Å². The van der Waals surface area contributed by atoms with Gasteiger partial charge in [0.2, 0.25) is 0 Å². The zero-order valence-electron chi connectivity index (χ0n) is 11.3. The van der Waals surface area contributed by atoms with E-state index in [-0.39, 0.29) is 32.7 Å². The highest BCUT2D eigenvalue weighted by atomic mass is 35.5. The Labute approximate surface area is 133 Å². The van der Waals surface area contributed by atoms with Gasteiger partial charge < -0.3 is 5.11 Å². The summed E-state index contributed by atoms with van der Waals surface area (Å²) in [7, 11) is 0. The van der Waals surface area contributed by atoms with E-state index in [9.17, 15) is 18.0 Å². The number of benzene rings is 1. The first-order chi connectivity index (χ1) is 10.0. The maximum absolute atomic E-state index is 12.7. The Kier molecular flexibility index (Phi) is 4.14. The molecule has 1 N–H and O–H groups in total. The van der Waals surface area contributed by atoms with Crippen LogP contribution >= 0.6 is 23.2 Å². The third-order valence-electron chi connectivity index (χ3n) is 3.06. The highest BCUT2D eigenvalue weighted by Crippen LogP contribution is 2.38. The zero-order valence-corrected chi connectivity index (χ0v) is 12.8. The zero-order chi connectivity index (χ0) is 16.8. The van der Waals surface area contributed by atoms with Gasteiger partial charge in [0.1, 0.15) is 11.3 Å². The lowest BCUT2D eigenvalue weighted by Crippen LogP contribution is -2.08. The van der Waals surface area contributed by atoms with Crippen LogP contribution in [0.3, 0.4) is 0 Å². The number of nitrogens with zero attached hydrogens (tertiary/aromatic N) is 2. The van der Waals surface area contributed by atoms with Crippen molar-refractivity contribution < 1.29 is 23.1 Å². The summed E-state index contributed by atoms with van der Waals surface area (Å²) >= 11 is 11.8. The average molecular weight is 353 g/mol. The molecular formula is C13H9Cl2F3N2O2. The number of rotatable bonds is 2. The molecule has 0 aliphatic heterocycles. The fraction of sp³-hybridized carbons (Fsp3) is 0.231. The molecule has 0 spiro atoms. The molecule has 9 heteroatoms. The van der Waals surface area contributed by atoms with Crippen molar-refractivity contribution in [3.05, 3.63) is 44.7 Å². The molecule has 0 aliphatic rings. The van der Waals surface area contributed by atoms with E-state index < -0.39 is 17.7 Å². The molecular weight excluding hydrogens is 344 g/mol. The number of carboxylic acid groups (broad SMARTS) is 1. The van der Waals surface area contributed by atoms with Crippen molar-refractivity contribution in [1.29, 1.82) is 0 Å². The summed E-state index contributed by atoms with van der Waals surface area (Å²) < 4.78 is 39.3. The van der Waals surface area contributed by atoms with Gasteiger partial charge in [-0.1, -0.05) is 23.2 Å². The third-order valence-corrected chi connectivity index (χ3v) is 3.64. The monoisotopic (exact) mass is 352 g/mol. The Bertz CT molecular complexity index is 746. The van der Waals surface area contributed by atoms with Gasteiger partial charge in [0.25, 0.3) is 0 Å². The van der Waals surface area contributed by atoms with E-state index in [1.807, 2.05) is 0 Å². The number of carbonyl (C=O) groups is 1. The van der Waals surface area contributed by atoms with Crippen LogP contribution in [0.1, 0.15) is 27.3 Å². The van der Waals surface area contributed by atoms with Crippen LogP contribution in [-0.2, 0) is 6.18 Å². The highest BCUT2D eigenvalue weighted by molar-refractivity contribution is 6.37. The van der Waals surface area contributed by atoms with Crippen LogP contribution < -0.4 is 0 Å². The minimum Gasteiger partial charge on any atom is -0.478 e. The Balaban J connectivity index is 2.70. The van der Waals surface area contributed by atoms with Gasteiger partial charge in [-0.2, -0.15) is 18.3 Å². The van der Waals surface area contributed by atoms with Crippen LogP contribution in [0.4, 0.5) is 13.2 Å². The van der Waals surface area contributed by atoms with E-state index >= 15 is 0 Å². The van der Waals surface area contributed by atoms with Crippen LogP contribution in [0.5, 0.6) is 0 Å². The topological polar surface area (TPSA) is 55.1 Å². The summed E-state index contributed by atoms with van der Waals surface area (Å²) in [4.78, 5) is 11.2. The number of carboxylic acids is 1. The normalized spacial score (nSPS) is 11.8. The maximum atomic E-state index is 12.7. The Morgan fingerprint density at radius 1 is 1.23 bits per heavy atom. The molecule has 0 atom stereocenters. The summed E-state index contributed by atoms with van der Waals surface area (Å²) in [5, 5.41) is 12.6. The second-order valence-corrected chi connectivity index (χ2v) is 5.36. The van der Waals surface area contributed by atoms with Gasteiger partial charge in [0.15, 0.2) is 0 Å². The molecule has 0 radical (unpaired) electrons. The molecule has 0 amide bonds. The van der Waals surface area contributed by atoms with Gasteiger partial charge in [0, 0.05) is 0 Å². The number of aromatic carboxylic acids is 1. The smallest absolute Gasteiger partial charge is 0.416 e. The predicted molar refractivity (Wildman–Crippen MR) is 75.0 cm³/mol. The summed E-state index contributed by atoms with van der Waals surface area (Å²) in [5.74, 6) is -1.19. The molecule has 0 fully saturated rings. The minimum absolute atomic E-state index is 0.00410. The fourth-order valence-electron chi connectivity index (χ4n) is 2.10. The van der Waals surface area contributed by atoms with E-state index in [1.165, 1.54) is 13.8 Å². The van der Waals surface area contributed by atoms with Gasteiger partial charge in [-0.3, -0.25) is 0 Å². The molecule has 0 saturated carbocycles. The molecule has 1 aromatic carbocycles. The second kappa shape index (κ2) is 5.48. The van der Waals surface area contributed by atoms with Crippen molar-refractivity contribution in [1.82, 2.24) is 9.78 Å². The Morgan fingerprint density at radius 2 is 1.73 bits per heavy atom. The van der Waals surface area contributed by atoms with Crippen LogP contribution in [-0.4, -0.2) is 20.9 Å². The first-order valence-electron chi connectivity index (χ1n) is 5.90. The number of halogens is 5. The minimum atomic E-state index is -4.59. The first kappa shape index (κ1) is 16.6. The summed E-state index contributed by atoms with van der Waals surface area (Å²) in [6.45, 7) is 2.94. The third kappa shape index (κ3) is 2.78. The van der Waals surface area contributed by atoms with Gasteiger partial charge in [-0.15, -0.1) is 0 Å².